The van der Waals surface area contributed by atoms with Crippen molar-refractivity contribution in [3.63, 3.8) is 0 Å². The fourth-order valence-corrected chi connectivity index (χ4v) is 7.28. The number of fused-ring (bicyclic) bond motifs is 9. The second-order valence-corrected chi connectivity index (χ2v) is 11.9. The first kappa shape index (κ1) is 24.2. The largest absolute Gasteiger partial charge is 0.294 e. The van der Waals surface area contributed by atoms with E-state index in [2.05, 4.69) is 130 Å². The van der Waals surface area contributed by atoms with Gasteiger partial charge in [-0.15, -0.1) is 0 Å². The van der Waals surface area contributed by atoms with E-state index in [1.165, 1.54) is 31.3 Å². The second kappa shape index (κ2) is 9.58. The number of pyridine rings is 2. The summed E-state index contributed by atoms with van der Waals surface area (Å²) in [5, 5.41) is 6.03. The Morgan fingerprint density at radius 3 is 1.98 bits per heavy atom. The Morgan fingerprint density at radius 2 is 1.16 bits per heavy atom. The molecule has 0 fully saturated rings. The molecule has 4 nitrogen and oxygen atoms in total. The molecule has 0 aliphatic heterocycles. The molecule has 0 unspecified atom stereocenters. The maximum absolute atomic E-state index is 4.98. The van der Waals surface area contributed by atoms with Gasteiger partial charge in [0.15, 0.2) is 0 Å². The van der Waals surface area contributed by atoms with Crippen molar-refractivity contribution in [3.05, 3.63) is 146 Å². The molecule has 43 heavy (non-hydrogen) atoms. The molecule has 0 bridgehead atoms. The van der Waals surface area contributed by atoms with E-state index in [9.17, 15) is 0 Å². The fraction of sp³-hybridized carbons (Fsp3) is 0. The van der Waals surface area contributed by atoms with E-state index in [0.717, 1.165) is 44.7 Å². The van der Waals surface area contributed by atoms with Gasteiger partial charge >= 0.3 is 0 Å². The molecule has 5 heteroatoms. The number of imidazole rings is 1. The van der Waals surface area contributed by atoms with Crippen molar-refractivity contribution in [3.8, 4) is 17.1 Å². The van der Waals surface area contributed by atoms with Gasteiger partial charge < -0.3 is 0 Å². The third-order valence-corrected chi connectivity index (χ3v) is 9.24. The summed E-state index contributed by atoms with van der Waals surface area (Å²) in [6.45, 7) is 0. The second-order valence-electron chi connectivity index (χ2n) is 10.7. The third kappa shape index (κ3) is 3.79. The Balaban J connectivity index is 1.22. The molecule has 0 N–H and O–H groups in total. The number of hydrogen-bond donors (Lipinski definition) is 0. The van der Waals surface area contributed by atoms with Crippen LogP contribution in [-0.2, 0) is 0 Å². The van der Waals surface area contributed by atoms with Crippen LogP contribution in [0.4, 0.5) is 0 Å². The number of aromatic nitrogens is 4. The molecule has 0 amide bonds. The zero-order valence-electron chi connectivity index (χ0n) is 23.1. The predicted octanol–water partition coefficient (Wildman–Crippen LogP) is 9.95. The molecule has 0 saturated heterocycles. The lowest BCUT2D eigenvalue weighted by atomic mass is 10.1. The molecule has 9 aromatic rings. The molecular formula is C38H24N4S. The molecule has 0 aliphatic rings. The summed E-state index contributed by atoms with van der Waals surface area (Å²) in [6, 6.07) is 47.3. The Kier molecular flexibility index (Phi) is 5.40. The molecule has 0 radical (unpaired) electrons. The summed E-state index contributed by atoms with van der Waals surface area (Å²) in [4.78, 5) is 12.0. The number of benzene rings is 5. The topological polar surface area (TPSA) is 35.1 Å². The van der Waals surface area contributed by atoms with E-state index in [1.807, 2.05) is 24.5 Å². The third-order valence-electron chi connectivity index (χ3n) is 8.26. The van der Waals surface area contributed by atoms with E-state index in [0.29, 0.717) is 0 Å². The predicted molar refractivity (Wildman–Crippen MR) is 178 cm³/mol. The van der Waals surface area contributed by atoms with Gasteiger partial charge in [-0.3, -0.25) is 8.97 Å². The average molecular weight is 569 g/mol. The van der Waals surface area contributed by atoms with Crippen LogP contribution in [0.2, 0.25) is 0 Å². The molecule has 9 rings (SSSR count). The minimum Gasteiger partial charge on any atom is -0.294 e. The van der Waals surface area contributed by atoms with E-state index >= 15 is 0 Å². The van der Waals surface area contributed by atoms with Gasteiger partial charge in [0.25, 0.3) is 0 Å². The van der Waals surface area contributed by atoms with Crippen LogP contribution in [0.1, 0.15) is 0 Å². The first-order chi connectivity index (χ1) is 21.3. The van der Waals surface area contributed by atoms with Crippen molar-refractivity contribution in [1.29, 1.82) is 0 Å². The molecule has 0 aliphatic carbocycles. The SMILES string of the molecule is c1ccc(-c2cnc3c4cc(Sc5ccc6c7ccccc7n(-c7ccccn7)c6c5)ccc4c4ccccc4n23)cc1. The highest BCUT2D eigenvalue weighted by molar-refractivity contribution is 7.99. The minimum atomic E-state index is 0.921. The summed E-state index contributed by atoms with van der Waals surface area (Å²) in [7, 11) is 0. The van der Waals surface area contributed by atoms with Crippen LogP contribution in [0.5, 0.6) is 0 Å². The molecule has 5 aromatic carbocycles. The number of hydrogen-bond acceptors (Lipinski definition) is 3. The summed E-state index contributed by atoms with van der Waals surface area (Å²) < 4.78 is 4.57. The van der Waals surface area contributed by atoms with E-state index in [1.54, 1.807) is 11.8 Å². The van der Waals surface area contributed by atoms with Crippen molar-refractivity contribution in [2.24, 2.45) is 0 Å². The number of nitrogens with zero attached hydrogens (tertiary/aromatic N) is 4. The van der Waals surface area contributed by atoms with E-state index in [4.69, 9.17) is 9.97 Å². The molecule has 0 saturated carbocycles. The Labute approximate surface area is 251 Å². The molecule has 0 atom stereocenters. The van der Waals surface area contributed by atoms with Gasteiger partial charge in [0, 0.05) is 43.1 Å². The first-order valence-electron chi connectivity index (χ1n) is 14.3. The molecule has 0 spiro atoms. The van der Waals surface area contributed by atoms with Gasteiger partial charge in [-0.2, -0.15) is 0 Å². The van der Waals surface area contributed by atoms with Gasteiger partial charge in [-0.05, 0) is 53.9 Å². The maximum atomic E-state index is 4.98. The summed E-state index contributed by atoms with van der Waals surface area (Å²) in [6.07, 6.45) is 3.85. The van der Waals surface area contributed by atoms with E-state index in [-0.39, 0.29) is 0 Å². The van der Waals surface area contributed by atoms with Gasteiger partial charge in [0.2, 0.25) is 0 Å². The van der Waals surface area contributed by atoms with Crippen molar-refractivity contribution >= 4 is 60.9 Å². The van der Waals surface area contributed by atoms with Crippen LogP contribution in [0.3, 0.4) is 0 Å². The first-order valence-corrected chi connectivity index (χ1v) is 15.1. The van der Waals surface area contributed by atoms with Crippen LogP contribution in [0, 0.1) is 0 Å². The average Bonchev–Trinajstić information content (AvgIpc) is 3.66. The highest BCUT2D eigenvalue weighted by Gasteiger charge is 2.16. The molecule has 202 valence electrons. The van der Waals surface area contributed by atoms with Crippen LogP contribution < -0.4 is 0 Å². The lowest BCUT2D eigenvalue weighted by Crippen LogP contribution is -1.96. The fourth-order valence-electron chi connectivity index (χ4n) is 6.38. The number of para-hydroxylation sites is 2. The Morgan fingerprint density at radius 1 is 0.488 bits per heavy atom. The molecule has 4 aromatic heterocycles. The quantitative estimate of drug-likeness (QED) is 0.198. The zero-order valence-corrected chi connectivity index (χ0v) is 23.9. The van der Waals surface area contributed by atoms with Crippen LogP contribution >= 0.6 is 11.8 Å². The highest BCUT2D eigenvalue weighted by Crippen LogP contribution is 2.39. The number of rotatable bonds is 4. The smallest absolute Gasteiger partial charge is 0.145 e. The summed E-state index contributed by atoms with van der Waals surface area (Å²) in [5.74, 6) is 0.921. The Hall–Kier alpha value is -5.39. The Bertz CT molecular complexity index is 2480. The van der Waals surface area contributed by atoms with E-state index < -0.39 is 0 Å². The van der Waals surface area contributed by atoms with Crippen molar-refractivity contribution < 1.29 is 0 Å². The monoisotopic (exact) mass is 568 g/mol. The van der Waals surface area contributed by atoms with Crippen molar-refractivity contribution in [2.45, 2.75) is 9.79 Å². The standard InChI is InChI=1S/C38H24N4S/c1-2-10-25(11-3-1)36-24-40-38-32-22-26(17-19-28(32)29-12-4-7-15-34(29)42(36)38)43-27-18-20-31-30-13-5-6-14-33(30)41(35(31)23-27)37-16-8-9-21-39-37/h1-24H. The van der Waals surface area contributed by atoms with Gasteiger partial charge in [0.05, 0.1) is 28.4 Å². The maximum Gasteiger partial charge on any atom is 0.145 e. The highest BCUT2D eigenvalue weighted by atomic mass is 32.2. The summed E-state index contributed by atoms with van der Waals surface area (Å²) >= 11 is 1.78. The molecular weight excluding hydrogens is 545 g/mol. The lowest BCUT2D eigenvalue weighted by Gasteiger charge is -2.12. The minimum absolute atomic E-state index is 0.921. The molecule has 4 heterocycles. The summed E-state index contributed by atoms with van der Waals surface area (Å²) in [5.41, 5.74) is 6.70. The van der Waals surface area contributed by atoms with Gasteiger partial charge in [0.1, 0.15) is 11.5 Å². The lowest BCUT2D eigenvalue weighted by molar-refractivity contribution is 1.08. The van der Waals surface area contributed by atoms with Crippen LogP contribution in [0.15, 0.2) is 156 Å². The van der Waals surface area contributed by atoms with Gasteiger partial charge in [-0.25, -0.2) is 9.97 Å². The van der Waals surface area contributed by atoms with Crippen molar-refractivity contribution in [1.82, 2.24) is 18.9 Å². The van der Waals surface area contributed by atoms with Crippen molar-refractivity contribution in [2.75, 3.05) is 0 Å². The van der Waals surface area contributed by atoms with Crippen LogP contribution in [0.25, 0.3) is 66.2 Å². The normalized spacial score (nSPS) is 11.8. The van der Waals surface area contributed by atoms with Crippen LogP contribution in [-0.4, -0.2) is 18.9 Å². The van der Waals surface area contributed by atoms with Gasteiger partial charge in [-0.1, -0.05) is 96.7 Å². The zero-order chi connectivity index (χ0) is 28.3.